The highest BCUT2D eigenvalue weighted by Crippen LogP contribution is 2.33. The molecule has 0 unspecified atom stereocenters. The highest BCUT2D eigenvalue weighted by atomic mass is 35.5. The highest BCUT2D eigenvalue weighted by Gasteiger charge is 2.23. The number of aromatic nitrogens is 6. The second kappa shape index (κ2) is 12.2. The van der Waals surface area contributed by atoms with Crippen molar-refractivity contribution < 1.29 is 17.9 Å². The smallest absolute Gasteiger partial charge is 0.282 e. The van der Waals surface area contributed by atoms with Crippen LogP contribution in [-0.2, 0) is 4.74 Å². The fraction of sp³-hybridized carbons (Fsp3) is 0.400. The monoisotopic (exact) mass is 518 g/mol. The van der Waals surface area contributed by atoms with Crippen LogP contribution in [0.2, 0.25) is 5.02 Å². The van der Waals surface area contributed by atoms with E-state index in [-0.39, 0.29) is 33.1 Å². The molecule has 0 amide bonds. The van der Waals surface area contributed by atoms with Crippen molar-refractivity contribution in [3.63, 3.8) is 0 Å². The minimum absolute atomic E-state index is 0.0182. The largest absolute Gasteiger partial charge is 0.381 e. The molecule has 2 aliphatic rings. The topological polar surface area (TPSA) is 78.6 Å². The standard InChI is InChI=1S/C14H8ClF3N4.C6H8N2.C5H10O/c1-6-10(13(17)18)22-12-11(19-5-20-14(12)21-6)8-3-2-7(15)4-9(8)16;1-4-7-8(5-1)6-2-3-6;1-2-4-6-5-3-1/h2-5,13H,1H3;1,4-6H,2-3H2;1-5H2. The van der Waals surface area contributed by atoms with Crippen molar-refractivity contribution >= 4 is 22.8 Å². The maximum atomic E-state index is 14.1. The van der Waals surface area contributed by atoms with Gasteiger partial charge in [0, 0.05) is 36.2 Å². The minimum Gasteiger partial charge on any atom is -0.381 e. The van der Waals surface area contributed by atoms with Crippen LogP contribution in [-0.4, -0.2) is 42.9 Å². The third kappa shape index (κ3) is 6.76. The maximum absolute atomic E-state index is 14.1. The first-order valence-corrected chi connectivity index (χ1v) is 12.1. The van der Waals surface area contributed by atoms with Gasteiger partial charge in [-0.3, -0.25) is 4.68 Å². The molecule has 0 N–H and O–H groups in total. The summed E-state index contributed by atoms with van der Waals surface area (Å²) < 4.78 is 47.1. The van der Waals surface area contributed by atoms with Gasteiger partial charge in [-0.15, -0.1) is 0 Å². The molecule has 6 rings (SSSR count). The van der Waals surface area contributed by atoms with Gasteiger partial charge >= 0.3 is 0 Å². The summed E-state index contributed by atoms with van der Waals surface area (Å²) in [6.07, 6.45) is 8.82. The SMILES string of the molecule is C1CCOCC1.Cc1nc2ncnc(-c3ccc(Cl)cc3F)c2nc1C(F)F.c1cnn(C2CC2)c1. The van der Waals surface area contributed by atoms with Crippen molar-refractivity contribution in [1.82, 2.24) is 29.7 Å². The van der Waals surface area contributed by atoms with Crippen LogP contribution in [0.4, 0.5) is 13.2 Å². The summed E-state index contributed by atoms with van der Waals surface area (Å²) in [5.41, 5.74) is -0.0729. The molecule has 0 bridgehead atoms. The number of benzene rings is 1. The van der Waals surface area contributed by atoms with Gasteiger partial charge in [0.1, 0.15) is 29.0 Å². The Bertz CT molecular complexity index is 1270. The normalized spacial score (nSPS) is 15.2. The lowest BCUT2D eigenvalue weighted by Crippen LogP contribution is -2.03. The zero-order valence-electron chi connectivity index (χ0n) is 19.7. The third-order valence-corrected chi connectivity index (χ3v) is 5.83. The summed E-state index contributed by atoms with van der Waals surface area (Å²) >= 11 is 5.71. The number of hydrogen-bond donors (Lipinski definition) is 0. The van der Waals surface area contributed by atoms with E-state index in [0.717, 1.165) is 25.3 Å². The molecule has 0 atom stereocenters. The first kappa shape index (κ1) is 26.0. The summed E-state index contributed by atoms with van der Waals surface area (Å²) in [4.78, 5) is 15.7. The van der Waals surface area contributed by atoms with Crippen molar-refractivity contribution in [3.8, 4) is 11.3 Å². The predicted octanol–water partition coefficient (Wildman–Crippen LogP) is 6.53. The molecule has 1 aliphatic carbocycles. The van der Waals surface area contributed by atoms with Gasteiger partial charge in [-0.05, 0) is 63.3 Å². The molecule has 7 nitrogen and oxygen atoms in total. The van der Waals surface area contributed by atoms with E-state index in [1.807, 2.05) is 23.1 Å². The van der Waals surface area contributed by atoms with Crippen molar-refractivity contribution in [2.45, 2.75) is 51.5 Å². The minimum atomic E-state index is -2.79. The number of alkyl halides is 2. The van der Waals surface area contributed by atoms with E-state index in [4.69, 9.17) is 16.3 Å². The first-order valence-electron chi connectivity index (χ1n) is 11.7. The molecule has 3 aromatic heterocycles. The van der Waals surface area contributed by atoms with Gasteiger partial charge in [0.2, 0.25) is 0 Å². The Balaban J connectivity index is 0.000000174. The number of nitrogens with zero attached hydrogens (tertiary/aromatic N) is 6. The molecule has 1 saturated heterocycles. The van der Waals surface area contributed by atoms with E-state index in [1.54, 1.807) is 0 Å². The summed E-state index contributed by atoms with van der Waals surface area (Å²) in [7, 11) is 0. The summed E-state index contributed by atoms with van der Waals surface area (Å²) in [6, 6.07) is 6.70. The average molecular weight is 519 g/mol. The molecular formula is C25H26ClF3N6O. The van der Waals surface area contributed by atoms with Crippen molar-refractivity contribution in [2.75, 3.05) is 13.2 Å². The van der Waals surface area contributed by atoms with Crippen LogP contribution in [0.5, 0.6) is 0 Å². The van der Waals surface area contributed by atoms with E-state index in [0.29, 0.717) is 0 Å². The number of aryl methyl sites for hydroxylation is 1. The first-order chi connectivity index (χ1) is 17.4. The van der Waals surface area contributed by atoms with Gasteiger partial charge in [-0.1, -0.05) is 11.6 Å². The van der Waals surface area contributed by atoms with Crippen LogP contribution in [0.25, 0.3) is 22.4 Å². The van der Waals surface area contributed by atoms with E-state index < -0.39 is 17.9 Å². The van der Waals surface area contributed by atoms with Gasteiger partial charge in [0.25, 0.3) is 6.43 Å². The number of hydrogen-bond acceptors (Lipinski definition) is 6. The molecule has 4 heterocycles. The van der Waals surface area contributed by atoms with E-state index in [2.05, 4.69) is 25.0 Å². The molecular weight excluding hydrogens is 493 g/mol. The van der Waals surface area contributed by atoms with E-state index in [1.165, 1.54) is 57.5 Å². The molecule has 1 aromatic carbocycles. The fourth-order valence-corrected chi connectivity index (χ4v) is 3.74. The van der Waals surface area contributed by atoms with Crippen LogP contribution in [0.15, 0.2) is 43.0 Å². The summed E-state index contributed by atoms with van der Waals surface area (Å²) in [6.45, 7) is 3.42. The molecule has 4 aromatic rings. The van der Waals surface area contributed by atoms with Gasteiger partial charge in [0.05, 0.1) is 11.7 Å². The molecule has 0 radical (unpaired) electrons. The second-order valence-electron chi connectivity index (χ2n) is 8.40. The van der Waals surface area contributed by atoms with Gasteiger partial charge < -0.3 is 4.74 Å². The van der Waals surface area contributed by atoms with Crippen molar-refractivity contribution in [1.29, 1.82) is 0 Å². The number of halogens is 4. The van der Waals surface area contributed by atoms with Gasteiger partial charge in [-0.2, -0.15) is 5.10 Å². The average Bonchev–Trinajstić information content (AvgIpc) is 3.59. The molecule has 1 aliphatic heterocycles. The molecule has 2 fully saturated rings. The van der Waals surface area contributed by atoms with Crippen LogP contribution in [0.1, 0.15) is 56.0 Å². The molecule has 1 saturated carbocycles. The maximum Gasteiger partial charge on any atom is 0.282 e. The lowest BCUT2D eigenvalue weighted by Gasteiger charge is -2.09. The van der Waals surface area contributed by atoms with Crippen molar-refractivity contribution in [3.05, 3.63) is 65.2 Å². The van der Waals surface area contributed by atoms with Crippen LogP contribution in [0.3, 0.4) is 0 Å². The Morgan fingerprint density at radius 3 is 2.42 bits per heavy atom. The highest BCUT2D eigenvalue weighted by molar-refractivity contribution is 6.30. The predicted molar refractivity (Wildman–Crippen MR) is 130 cm³/mol. The second-order valence-corrected chi connectivity index (χ2v) is 8.84. The third-order valence-electron chi connectivity index (χ3n) is 5.60. The molecule has 190 valence electrons. The lowest BCUT2D eigenvalue weighted by atomic mass is 10.1. The molecule has 11 heteroatoms. The summed E-state index contributed by atoms with van der Waals surface area (Å²) in [5, 5.41) is 4.31. The summed E-state index contributed by atoms with van der Waals surface area (Å²) in [5.74, 6) is -0.631. The Morgan fingerprint density at radius 1 is 1.08 bits per heavy atom. The Kier molecular flexibility index (Phi) is 8.82. The number of ether oxygens (including phenoxy) is 1. The van der Waals surface area contributed by atoms with Gasteiger partial charge in [0.15, 0.2) is 5.65 Å². The van der Waals surface area contributed by atoms with E-state index in [9.17, 15) is 13.2 Å². The van der Waals surface area contributed by atoms with Crippen LogP contribution >= 0.6 is 11.6 Å². The number of fused-ring (bicyclic) bond motifs is 1. The Morgan fingerprint density at radius 2 is 1.86 bits per heavy atom. The van der Waals surface area contributed by atoms with Crippen molar-refractivity contribution in [2.24, 2.45) is 0 Å². The van der Waals surface area contributed by atoms with E-state index >= 15 is 0 Å². The Labute approximate surface area is 211 Å². The lowest BCUT2D eigenvalue weighted by molar-refractivity contribution is 0.0968. The van der Waals surface area contributed by atoms with Crippen LogP contribution < -0.4 is 0 Å². The Hall–Kier alpha value is -3.11. The number of rotatable bonds is 3. The fourth-order valence-electron chi connectivity index (χ4n) is 3.58. The molecule has 0 spiro atoms. The zero-order valence-corrected chi connectivity index (χ0v) is 20.5. The van der Waals surface area contributed by atoms with Crippen LogP contribution in [0, 0.1) is 12.7 Å². The molecule has 36 heavy (non-hydrogen) atoms. The quantitative estimate of drug-likeness (QED) is 0.307. The van der Waals surface area contributed by atoms with Gasteiger partial charge in [-0.25, -0.2) is 33.1 Å². The zero-order chi connectivity index (χ0) is 25.5.